The molecule has 1 unspecified atom stereocenters. The lowest BCUT2D eigenvalue weighted by Crippen LogP contribution is -2.30. The number of carbonyl (C=O) groups is 1. The van der Waals surface area contributed by atoms with E-state index in [1.807, 2.05) is 0 Å². The minimum absolute atomic E-state index is 0.141. The van der Waals surface area contributed by atoms with E-state index in [0.29, 0.717) is 4.70 Å². The van der Waals surface area contributed by atoms with Crippen LogP contribution < -0.4 is 5.32 Å². The number of carboxylic acid groups (broad SMARTS) is 1. The molecule has 0 saturated heterocycles. The molecule has 0 aliphatic carbocycles. The van der Waals surface area contributed by atoms with Crippen molar-refractivity contribution in [2.24, 2.45) is 0 Å². The molecule has 1 aromatic heterocycles. The fourth-order valence-electron chi connectivity index (χ4n) is 1.90. The van der Waals surface area contributed by atoms with Crippen molar-refractivity contribution in [3.8, 4) is 0 Å². The lowest BCUT2D eigenvalue weighted by atomic mass is 10.1. The predicted octanol–water partition coefficient (Wildman–Crippen LogP) is 2.11. The van der Waals surface area contributed by atoms with Gasteiger partial charge in [-0.05, 0) is 12.1 Å². The van der Waals surface area contributed by atoms with Crippen molar-refractivity contribution < 1.29 is 19.6 Å². The first-order chi connectivity index (χ1) is 10.0. The number of aromatic nitrogens is 1. The van der Waals surface area contributed by atoms with Crippen molar-refractivity contribution in [1.29, 1.82) is 0 Å². The molecule has 2 rings (SSSR count). The van der Waals surface area contributed by atoms with Gasteiger partial charge in [-0.2, -0.15) is 0 Å². The van der Waals surface area contributed by atoms with Crippen molar-refractivity contribution in [3.63, 3.8) is 0 Å². The van der Waals surface area contributed by atoms with Gasteiger partial charge in [0.05, 0.1) is 15.1 Å². The number of hydrogen-bond donors (Lipinski definition) is 2. The summed E-state index contributed by atoms with van der Waals surface area (Å²) in [6.45, 7) is 0.233. The summed E-state index contributed by atoms with van der Waals surface area (Å²) in [6, 6.07) is 2.21. The molecule has 21 heavy (non-hydrogen) atoms. The van der Waals surface area contributed by atoms with Gasteiger partial charge in [0, 0.05) is 20.1 Å². The van der Waals surface area contributed by atoms with Crippen molar-refractivity contribution in [2.45, 2.75) is 12.5 Å². The van der Waals surface area contributed by atoms with Crippen LogP contribution in [0, 0.1) is 10.1 Å². The monoisotopic (exact) mass is 311 g/mol. The Balaban J connectivity index is 2.38. The largest absolute Gasteiger partial charge is 0.480 e. The number of nitrogens with one attached hydrogen (secondary N) is 1. The molecular weight excluding hydrogens is 298 g/mol. The second kappa shape index (κ2) is 6.46. The maximum atomic E-state index is 11.3. The summed E-state index contributed by atoms with van der Waals surface area (Å²) < 4.78 is 5.52. The highest BCUT2D eigenvalue weighted by Crippen LogP contribution is 2.34. The minimum atomic E-state index is -1.10. The average Bonchev–Trinajstić information content (AvgIpc) is 2.90. The number of aliphatic carboxylic acids is 1. The molecule has 8 nitrogen and oxygen atoms in total. The standard InChI is InChI=1S/C12H13N3O5S/c1-20-5-4-8(12(16)17)14-7-2-3-9-10(13-6-21-9)11(7)15(18)19/h2-3,6,8,14H,4-5H2,1H3,(H,16,17). The van der Waals surface area contributed by atoms with E-state index in [0.717, 1.165) is 0 Å². The van der Waals surface area contributed by atoms with Crippen molar-refractivity contribution in [3.05, 3.63) is 27.8 Å². The van der Waals surface area contributed by atoms with E-state index in [9.17, 15) is 14.9 Å². The second-order valence-corrected chi connectivity index (χ2v) is 5.12. The SMILES string of the molecule is COCCC(Nc1ccc2scnc2c1[N+](=O)[O-])C(=O)O. The van der Waals surface area contributed by atoms with E-state index in [1.165, 1.54) is 30.0 Å². The lowest BCUT2D eigenvalue weighted by molar-refractivity contribution is -0.382. The van der Waals surface area contributed by atoms with Crippen LogP contribution >= 0.6 is 11.3 Å². The highest BCUT2D eigenvalue weighted by atomic mass is 32.1. The Hall–Kier alpha value is -2.26. The molecule has 0 spiro atoms. The Morgan fingerprint density at radius 2 is 2.38 bits per heavy atom. The van der Waals surface area contributed by atoms with E-state index in [1.54, 1.807) is 6.07 Å². The van der Waals surface area contributed by atoms with Crippen molar-refractivity contribution >= 4 is 38.9 Å². The summed E-state index contributed by atoms with van der Waals surface area (Å²) in [4.78, 5) is 25.9. The third-order valence-electron chi connectivity index (χ3n) is 2.90. The Bertz CT molecular complexity index is 672. The number of methoxy groups -OCH3 is 1. The van der Waals surface area contributed by atoms with Crippen LogP contribution in [0.2, 0.25) is 0 Å². The number of carboxylic acids is 1. The van der Waals surface area contributed by atoms with Crippen LogP contribution in [-0.4, -0.2) is 40.7 Å². The fraction of sp³-hybridized carbons (Fsp3) is 0.333. The van der Waals surface area contributed by atoms with Gasteiger partial charge in [0.25, 0.3) is 0 Å². The number of anilines is 1. The zero-order valence-electron chi connectivity index (χ0n) is 11.1. The van der Waals surface area contributed by atoms with Gasteiger partial charge in [0.1, 0.15) is 11.7 Å². The Kier molecular flexibility index (Phi) is 4.66. The molecule has 0 amide bonds. The van der Waals surface area contributed by atoms with Crippen molar-refractivity contribution in [1.82, 2.24) is 4.98 Å². The van der Waals surface area contributed by atoms with Crippen LogP contribution in [0.25, 0.3) is 10.2 Å². The van der Waals surface area contributed by atoms with Gasteiger partial charge >= 0.3 is 11.7 Å². The number of thiazole rings is 1. The molecule has 0 fully saturated rings. The molecule has 112 valence electrons. The minimum Gasteiger partial charge on any atom is -0.480 e. The van der Waals surface area contributed by atoms with E-state index in [4.69, 9.17) is 9.84 Å². The van der Waals surface area contributed by atoms with Crippen molar-refractivity contribution in [2.75, 3.05) is 19.0 Å². The molecular formula is C12H13N3O5S. The van der Waals surface area contributed by atoms with Gasteiger partial charge < -0.3 is 15.2 Å². The van der Waals surface area contributed by atoms with Gasteiger partial charge in [-0.15, -0.1) is 11.3 Å². The van der Waals surface area contributed by atoms with Gasteiger partial charge in [-0.1, -0.05) is 0 Å². The summed E-state index contributed by atoms with van der Waals surface area (Å²) in [5.41, 5.74) is 1.70. The first kappa shape index (κ1) is 15.1. The lowest BCUT2D eigenvalue weighted by Gasteiger charge is -2.15. The third-order valence-corrected chi connectivity index (χ3v) is 3.69. The van der Waals surface area contributed by atoms with Gasteiger partial charge in [-0.25, -0.2) is 9.78 Å². The quantitative estimate of drug-likeness (QED) is 0.594. The van der Waals surface area contributed by atoms with E-state index in [2.05, 4.69) is 10.3 Å². The van der Waals surface area contributed by atoms with Crippen LogP contribution in [0.15, 0.2) is 17.6 Å². The molecule has 0 aliphatic heterocycles. The topological polar surface area (TPSA) is 115 Å². The molecule has 2 aromatic rings. The molecule has 0 radical (unpaired) electrons. The number of benzene rings is 1. The summed E-state index contributed by atoms with van der Waals surface area (Å²) in [5.74, 6) is -1.10. The highest BCUT2D eigenvalue weighted by molar-refractivity contribution is 7.16. The smallest absolute Gasteiger partial charge is 0.326 e. The number of ether oxygens (including phenoxy) is 1. The number of nitro benzene ring substituents is 1. The second-order valence-electron chi connectivity index (χ2n) is 4.23. The van der Waals surface area contributed by atoms with Crippen LogP contribution in [0.1, 0.15) is 6.42 Å². The zero-order chi connectivity index (χ0) is 15.4. The van der Waals surface area contributed by atoms with E-state index < -0.39 is 16.9 Å². The van der Waals surface area contributed by atoms with E-state index >= 15 is 0 Å². The first-order valence-corrected chi connectivity index (χ1v) is 6.91. The summed E-state index contributed by atoms with van der Waals surface area (Å²) in [6.07, 6.45) is 0.193. The Morgan fingerprint density at radius 1 is 1.62 bits per heavy atom. The molecule has 1 aromatic carbocycles. The molecule has 1 heterocycles. The molecule has 0 saturated carbocycles. The number of nitro groups is 1. The van der Waals surface area contributed by atoms with E-state index in [-0.39, 0.29) is 29.9 Å². The Labute approximate surface area is 123 Å². The molecule has 2 N–H and O–H groups in total. The number of fused-ring (bicyclic) bond motifs is 1. The van der Waals surface area contributed by atoms with Gasteiger partial charge in [0.2, 0.25) is 0 Å². The van der Waals surface area contributed by atoms with Gasteiger partial charge in [0.15, 0.2) is 5.52 Å². The van der Waals surface area contributed by atoms with Crippen LogP contribution in [0.4, 0.5) is 11.4 Å². The summed E-state index contributed by atoms with van der Waals surface area (Å²) >= 11 is 1.29. The normalized spacial score (nSPS) is 12.2. The predicted molar refractivity (Wildman–Crippen MR) is 77.8 cm³/mol. The molecule has 9 heteroatoms. The first-order valence-electron chi connectivity index (χ1n) is 6.03. The number of hydrogen-bond acceptors (Lipinski definition) is 7. The van der Waals surface area contributed by atoms with Crippen LogP contribution in [0.3, 0.4) is 0 Å². The zero-order valence-corrected chi connectivity index (χ0v) is 11.9. The third kappa shape index (κ3) is 3.26. The molecule has 0 bridgehead atoms. The highest BCUT2D eigenvalue weighted by Gasteiger charge is 2.25. The average molecular weight is 311 g/mol. The maximum absolute atomic E-state index is 11.3. The fourth-order valence-corrected chi connectivity index (χ4v) is 2.58. The maximum Gasteiger partial charge on any atom is 0.326 e. The molecule has 0 aliphatic rings. The van der Waals surface area contributed by atoms with Crippen LogP contribution in [0.5, 0.6) is 0 Å². The molecule has 1 atom stereocenters. The number of nitrogens with zero attached hydrogens (tertiary/aromatic N) is 2. The van der Waals surface area contributed by atoms with Crippen LogP contribution in [-0.2, 0) is 9.53 Å². The summed E-state index contributed by atoms with van der Waals surface area (Å²) in [7, 11) is 1.46. The Morgan fingerprint density at radius 3 is 3.00 bits per heavy atom. The number of rotatable bonds is 7. The summed E-state index contributed by atoms with van der Waals surface area (Å²) in [5, 5.41) is 23.1. The van der Waals surface area contributed by atoms with Gasteiger partial charge in [-0.3, -0.25) is 10.1 Å².